The molecule has 0 saturated heterocycles. The molecule has 104 valence electrons. The van der Waals surface area contributed by atoms with Crippen LogP contribution in [0.2, 0.25) is 0 Å². The molecule has 6 heteroatoms. The Kier molecular flexibility index (Phi) is 4.78. The van der Waals surface area contributed by atoms with Crippen molar-refractivity contribution in [3.8, 4) is 5.75 Å². The summed E-state index contributed by atoms with van der Waals surface area (Å²) < 4.78 is 6.38. The summed E-state index contributed by atoms with van der Waals surface area (Å²) in [7, 11) is 1.55. The molecule has 0 aliphatic carbocycles. The van der Waals surface area contributed by atoms with Gasteiger partial charge in [0.2, 0.25) is 0 Å². The average molecular weight is 384 g/mol. The highest BCUT2D eigenvalue weighted by Crippen LogP contribution is 2.25. The highest BCUT2D eigenvalue weighted by Gasteiger charge is 2.11. The molecule has 0 atom stereocenters. The first-order valence-electron chi connectivity index (χ1n) is 5.91. The average Bonchev–Trinajstić information content (AvgIpc) is 2.46. The van der Waals surface area contributed by atoms with Crippen molar-refractivity contribution in [2.75, 3.05) is 12.4 Å². The predicted octanol–water partition coefficient (Wildman–Crippen LogP) is 3.82. The molecule has 0 bridgehead atoms. The minimum absolute atomic E-state index is 0.0604. The summed E-state index contributed by atoms with van der Waals surface area (Å²) in [5, 5.41) is 14.0. The third-order valence-electron chi connectivity index (χ3n) is 2.80. The fraction of sp³-hybridized carbons (Fsp3) is 0.143. The zero-order chi connectivity index (χ0) is 14.5. The van der Waals surface area contributed by atoms with Crippen molar-refractivity contribution < 1.29 is 9.66 Å². The fourth-order valence-corrected chi connectivity index (χ4v) is 2.14. The number of nitro groups is 1. The van der Waals surface area contributed by atoms with Gasteiger partial charge in [-0.2, -0.15) is 0 Å². The minimum atomic E-state index is -0.409. The van der Waals surface area contributed by atoms with Crippen molar-refractivity contribution in [3.05, 3.63) is 61.7 Å². The summed E-state index contributed by atoms with van der Waals surface area (Å²) >= 11 is 2.24. The standard InChI is InChI=1S/C14H13IN2O3/c1-20-14-7-6-13(17(18)19)8-10(14)9-16-12-4-2-11(15)3-5-12/h2-8,16H,9H2,1H3. The molecular formula is C14H13IN2O3. The summed E-state index contributed by atoms with van der Waals surface area (Å²) in [6.07, 6.45) is 0. The summed E-state index contributed by atoms with van der Waals surface area (Å²) in [5.41, 5.74) is 1.77. The minimum Gasteiger partial charge on any atom is -0.496 e. The third-order valence-corrected chi connectivity index (χ3v) is 3.52. The van der Waals surface area contributed by atoms with Gasteiger partial charge in [-0.1, -0.05) is 0 Å². The molecule has 0 fully saturated rings. The van der Waals surface area contributed by atoms with Gasteiger partial charge in [0.15, 0.2) is 0 Å². The Morgan fingerprint density at radius 1 is 1.25 bits per heavy atom. The summed E-state index contributed by atoms with van der Waals surface area (Å²) in [5.74, 6) is 0.633. The van der Waals surface area contributed by atoms with Crippen LogP contribution < -0.4 is 10.1 Å². The zero-order valence-electron chi connectivity index (χ0n) is 10.8. The van der Waals surface area contributed by atoms with E-state index in [2.05, 4.69) is 27.9 Å². The lowest BCUT2D eigenvalue weighted by molar-refractivity contribution is -0.384. The van der Waals surface area contributed by atoms with E-state index in [4.69, 9.17) is 4.74 Å². The molecule has 2 rings (SSSR count). The predicted molar refractivity (Wildman–Crippen MR) is 86.1 cm³/mol. The van der Waals surface area contributed by atoms with Gasteiger partial charge < -0.3 is 10.1 Å². The van der Waals surface area contributed by atoms with Gasteiger partial charge in [-0.15, -0.1) is 0 Å². The van der Waals surface area contributed by atoms with Crippen molar-refractivity contribution >= 4 is 34.0 Å². The van der Waals surface area contributed by atoms with Gasteiger partial charge in [0.1, 0.15) is 5.75 Å². The van der Waals surface area contributed by atoms with Gasteiger partial charge in [0, 0.05) is 33.5 Å². The van der Waals surface area contributed by atoms with Gasteiger partial charge in [-0.25, -0.2) is 0 Å². The highest BCUT2D eigenvalue weighted by atomic mass is 127. The number of anilines is 1. The van der Waals surface area contributed by atoms with Crippen molar-refractivity contribution in [1.82, 2.24) is 0 Å². The SMILES string of the molecule is COc1ccc([N+](=O)[O-])cc1CNc1ccc(I)cc1. The lowest BCUT2D eigenvalue weighted by Crippen LogP contribution is -2.02. The Balaban J connectivity index is 2.16. The second kappa shape index (κ2) is 6.56. The molecule has 1 N–H and O–H groups in total. The van der Waals surface area contributed by atoms with E-state index in [0.717, 1.165) is 14.8 Å². The monoisotopic (exact) mass is 384 g/mol. The van der Waals surface area contributed by atoms with Crippen LogP contribution in [-0.4, -0.2) is 12.0 Å². The molecular weight excluding hydrogens is 371 g/mol. The van der Waals surface area contributed by atoms with Crippen LogP contribution in [0, 0.1) is 13.7 Å². The lowest BCUT2D eigenvalue weighted by Gasteiger charge is -2.10. The maximum atomic E-state index is 10.8. The molecule has 0 aliphatic heterocycles. The van der Waals surface area contributed by atoms with Gasteiger partial charge in [0.05, 0.1) is 12.0 Å². The van der Waals surface area contributed by atoms with E-state index in [1.807, 2.05) is 24.3 Å². The topological polar surface area (TPSA) is 64.4 Å². The van der Waals surface area contributed by atoms with Crippen LogP contribution in [-0.2, 0) is 6.54 Å². The number of non-ortho nitro benzene ring substituents is 1. The van der Waals surface area contributed by atoms with E-state index in [1.54, 1.807) is 13.2 Å². The Hall–Kier alpha value is -1.83. The second-order valence-electron chi connectivity index (χ2n) is 4.11. The van der Waals surface area contributed by atoms with Gasteiger partial charge >= 0.3 is 0 Å². The molecule has 20 heavy (non-hydrogen) atoms. The number of benzene rings is 2. The maximum Gasteiger partial charge on any atom is 0.270 e. The number of ether oxygens (including phenoxy) is 1. The van der Waals surface area contributed by atoms with Crippen molar-refractivity contribution in [1.29, 1.82) is 0 Å². The van der Waals surface area contributed by atoms with E-state index < -0.39 is 4.92 Å². The first-order valence-corrected chi connectivity index (χ1v) is 6.99. The molecule has 0 aliphatic rings. The number of nitrogens with zero attached hydrogens (tertiary/aromatic N) is 1. The normalized spacial score (nSPS) is 10.1. The summed E-state index contributed by atoms with van der Waals surface area (Å²) in [4.78, 5) is 10.4. The Morgan fingerprint density at radius 2 is 1.95 bits per heavy atom. The van der Waals surface area contributed by atoms with E-state index >= 15 is 0 Å². The van der Waals surface area contributed by atoms with Crippen LogP contribution in [0.15, 0.2) is 42.5 Å². The molecule has 2 aromatic rings. The Morgan fingerprint density at radius 3 is 2.55 bits per heavy atom. The highest BCUT2D eigenvalue weighted by molar-refractivity contribution is 14.1. The Bertz CT molecular complexity index is 614. The number of hydrogen-bond acceptors (Lipinski definition) is 4. The summed E-state index contributed by atoms with van der Waals surface area (Å²) in [6, 6.07) is 12.5. The van der Waals surface area contributed by atoms with Crippen molar-refractivity contribution in [2.24, 2.45) is 0 Å². The molecule has 5 nitrogen and oxygen atoms in total. The zero-order valence-corrected chi connectivity index (χ0v) is 13.0. The van der Waals surface area contributed by atoms with E-state index in [9.17, 15) is 10.1 Å². The third kappa shape index (κ3) is 3.60. The lowest BCUT2D eigenvalue weighted by atomic mass is 10.1. The summed E-state index contributed by atoms with van der Waals surface area (Å²) in [6.45, 7) is 0.464. The van der Waals surface area contributed by atoms with Crippen molar-refractivity contribution in [2.45, 2.75) is 6.54 Å². The van der Waals surface area contributed by atoms with E-state index in [-0.39, 0.29) is 5.69 Å². The van der Waals surface area contributed by atoms with Crippen LogP contribution in [0.4, 0.5) is 11.4 Å². The molecule has 0 radical (unpaired) electrons. The Labute approximate surface area is 130 Å². The largest absolute Gasteiger partial charge is 0.496 e. The van der Waals surface area contributed by atoms with Gasteiger partial charge in [-0.3, -0.25) is 10.1 Å². The van der Waals surface area contributed by atoms with Crippen LogP contribution in [0.25, 0.3) is 0 Å². The number of nitrogens with one attached hydrogen (secondary N) is 1. The van der Waals surface area contributed by atoms with Crippen LogP contribution >= 0.6 is 22.6 Å². The number of nitro benzene ring substituents is 1. The number of halogens is 1. The molecule has 0 unspecified atom stereocenters. The second-order valence-corrected chi connectivity index (χ2v) is 5.36. The molecule has 0 saturated carbocycles. The van der Waals surface area contributed by atoms with Gasteiger partial charge in [-0.05, 0) is 52.9 Å². The van der Waals surface area contributed by atoms with Crippen LogP contribution in [0.5, 0.6) is 5.75 Å². The molecule has 0 amide bonds. The fourth-order valence-electron chi connectivity index (χ4n) is 1.78. The van der Waals surface area contributed by atoms with Crippen LogP contribution in [0.1, 0.15) is 5.56 Å². The smallest absolute Gasteiger partial charge is 0.270 e. The molecule has 0 aromatic heterocycles. The molecule has 0 spiro atoms. The number of methoxy groups -OCH3 is 1. The van der Waals surface area contributed by atoms with E-state index in [0.29, 0.717) is 12.3 Å². The quantitative estimate of drug-likeness (QED) is 0.484. The molecule has 2 aromatic carbocycles. The first kappa shape index (κ1) is 14.6. The maximum absolute atomic E-state index is 10.8. The first-order chi connectivity index (χ1) is 9.60. The number of hydrogen-bond donors (Lipinski definition) is 1. The van der Waals surface area contributed by atoms with E-state index in [1.165, 1.54) is 12.1 Å². The van der Waals surface area contributed by atoms with Crippen molar-refractivity contribution in [3.63, 3.8) is 0 Å². The molecule has 0 heterocycles. The van der Waals surface area contributed by atoms with Crippen LogP contribution in [0.3, 0.4) is 0 Å². The van der Waals surface area contributed by atoms with Gasteiger partial charge in [0.25, 0.3) is 5.69 Å². The number of rotatable bonds is 5.